The number of carbonyl (C=O) groups excluding carboxylic acids is 3. The van der Waals surface area contributed by atoms with Crippen LogP contribution in [0.15, 0.2) is 30.3 Å². The topological polar surface area (TPSA) is 84.9 Å². The van der Waals surface area contributed by atoms with Crippen molar-refractivity contribution in [3.8, 4) is 0 Å². The van der Waals surface area contributed by atoms with E-state index in [9.17, 15) is 14.4 Å². The summed E-state index contributed by atoms with van der Waals surface area (Å²) in [6.07, 6.45) is -0.434. The molecule has 1 aliphatic heterocycles. The van der Waals surface area contributed by atoms with Crippen molar-refractivity contribution in [2.75, 3.05) is 6.54 Å². The zero-order valence-electron chi connectivity index (χ0n) is 14.1. The lowest BCUT2D eigenvalue weighted by Crippen LogP contribution is -2.46. The number of hydrazine groups is 1. The number of nitrogens with one attached hydrogen (secondary N) is 1. The molecule has 1 saturated heterocycles. The van der Waals surface area contributed by atoms with Crippen molar-refractivity contribution in [2.45, 2.75) is 39.4 Å². The van der Waals surface area contributed by atoms with E-state index >= 15 is 0 Å². The van der Waals surface area contributed by atoms with Crippen molar-refractivity contribution in [3.63, 3.8) is 0 Å². The average Bonchev–Trinajstić information content (AvgIpc) is 2.85. The van der Waals surface area contributed by atoms with E-state index in [4.69, 9.17) is 9.47 Å². The molecule has 24 heavy (non-hydrogen) atoms. The van der Waals surface area contributed by atoms with E-state index in [0.29, 0.717) is 6.42 Å². The van der Waals surface area contributed by atoms with E-state index in [1.165, 1.54) is 0 Å². The highest BCUT2D eigenvalue weighted by molar-refractivity contribution is 5.99. The number of amides is 2. The van der Waals surface area contributed by atoms with Crippen LogP contribution in [0.5, 0.6) is 0 Å². The zero-order chi connectivity index (χ0) is 17.7. The molecular formula is C17H22N2O5. The van der Waals surface area contributed by atoms with E-state index in [1.807, 2.05) is 30.3 Å². The molecule has 0 aromatic heterocycles. The fourth-order valence-corrected chi connectivity index (χ4v) is 2.25. The van der Waals surface area contributed by atoms with Gasteiger partial charge in [-0.05, 0) is 32.8 Å². The molecule has 1 fully saturated rings. The first-order valence-electron chi connectivity index (χ1n) is 7.78. The molecule has 1 atom stereocenters. The molecule has 1 aromatic rings. The third kappa shape index (κ3) is 4.97. The monoisotopic (exact) mass is 334 g/mol. The highest BCUT2D eigenvalue weighted by atomic mass is 16.6. The van der Waals surface area contributed by atoms with Crippen molar-refractivity contribution >= 4 is 18.0 Å². The molecule has 0 radical (unpaired) electrons. The fraction of sp³-hybridized carbons (Fsp3) is 0.471. The van der Waals surface area contributed by atoms with Gasteiger partial charge >= 0.3 is 12.1 Å². The van der Waals surface area contributed by atoms with Crippen LogP contribution < -0.4 is 5.43 Å². The van der Waals surface area contributed by atoms with Crippen LogP contribution in [-0.4, -0.2) is 35.1 Å². The summed E-state index contributed by atoms with van der Waals surface area (Å²) in [5.41, 5.74) is 2.54. The Morgan fingerprint density at radius 1 is 1.25 bits per heavy atom. The van der Waals surface area contributed by atoms with Gasteiger partial charge in [-0.3, -0.25) is 14.6 Å². The first-order valence-corrected chi connectivity index (χ1v) is 7.78. The molecule has 0 unspecified atom stereocenters. The molecule has 0 saturated carbocycles. The van der Waals surface area contributed by atoms with Crippen LogP contribution in [0, 0.1) is 5.92 Å². The van der Waals surface area contributed by atoms with Gasteiger partial charge in [0.1, 0.15) is 18.1 Å². The Labute approximate surface area is 140 Å². The van der Waals surface area contributed by atoms with Gasteiger partial charge in [0.05, 0.1) is 0 Å². The third-order valence-corrected chi connectivity index (χ3v) is 3.34. The third-order valence-electron chi connectivity index (χ3n) is 3.34. The Balaban J connectivity index is 1.84. The summed E-state index contributed by atoms with van der Waals surface area (Å²) in [6.45, 7) is 5.53. The van der Waals surface area contributed by atoms with E-state index < -0.39 is 29.5 Å². The Hall–Kier alpha value is -2.57. The molecule has 1 N–H and O–H groups in total. The van der Waals surface area contributed by atoms with Crippen molar-refractivity contribution in [2.24, 2.45) is 5.92 Å². The number of hydrogen-bond acceptors (Lipinski definition) is 5. The van der Waals surface area contributed by atoms with Crippen LogP contribution in [0.25, 0.3) is 0 Å². The number of rotatable bonds is 4. The second-order valence-corrected chi connectivity index (χ2v) is 6.54. The molecule has 7 nitrogen and oxygen atoms in total. The molecule has 0 bridgehead atoms. The highest BCUT2D eigenvalue weighted by Gasteiger charge is 2.39. The average molecular weight is 334 g/mol. The van der Waals surface area contributed by atoms with Gasteiger partial charge in [0.25, 0.3) is 5.91 Å². The number of carbonyl (C=O) groups is 3. The van der Waals surface area contributed by atoms with Gasteiger partial charge in [-0.25, -0.2) is 10.2 Å². The molecule has 1 aliphatic rings. The minimum atomic E-state index is -0.899. The van der Waals surface area contributed by atoms with Crippen molar-refractivity contribution in [3.05, 3.63) is 35.9 Å². The van der Waals surface area contributed by atoms with Crippen molar-refractivity contribution < 1.29 is 23.9 Å². The predicted octanol–water partition coefficient (Wildman–Crippen LogP) is 2.02. The Bertz CT molecular complexity index is 609. The van der Waals surface area contributed by atoms with Gasteiger partial charge in [-0.15, -0.1) is 0 Å². The quantitative estimate of drug-likeness (QED) is 0.672. The first-order chi connectivity index (χ1) is 11.3. The second kappa shape index (κ2) is 7.33. The number of esters is 1. The van der Waals surface area contributed by atoms with Gasteiger partial charge < -0.3 is 9.47 Å². The zero-order valence-corrected chi connectivity index (χ0v) is 14.1. The first kappa shape index (κ1) is 17.8. The van der Waals surface area contributed by atoms with Gasteiger partial charge in [0.15, 0.2) is 0 Å². The lowest BCUT2D eigenvalue weighted by Gasteiger charge is -2.23. The normalized spacial score (nSPS) is 17.5. The largest absolute Gasteiger partial charge is 0.460 e. The lowest BCUT2D eigenvalue weighted by molar-refractivity contribution is -0.154. The maximum atomic E-state index is 12.2. The summed E-state index contributed by atoms with van der Waals surface area (Å²) in [4.78, 5) is 36.0. The maximum absolute atomic E-state index is 12.2. The van der Waals surface area contributed by atoms with E-state index in [1.54, 1.807) is 20.8 Å². The summed E-state index contributed by atoms with van der Waals surface area (Å²) < 4.78 is 10.3. The molecule has 2 amide bonds. The van der Waals surface area contributed by atoms with Crippen molar-refractivity contribution in [1.82, 2.24) is 10.4 Å². The molecule has 0 spiro atoms. The van der Waals surface area contributed by atoms with Crippen LogP contribution >= 0.6 is 0 Å². The van der Waals surface area contributed by atoms with Gasteiger partial charge in [0.2, 0.25) is 0 Å². The smallest absolute Gasteiger partial charge is 0.426 e. The summed E-state index contributed by atoms with van der Waals surface area (Å²) >= 11 is 0. The molecule has 0 aliphatic carbocycles. The SMILES string of the molecule is CC(C)(C)OC(=O)NN1CC[C@@H](C(=O)OCc2ccccc2)C1=O. The minimum Gasteiger partial charge on any atom is -0.460 e. The van der Waals surface area contributed by atoms with Crippen molar-refractivity contribution in [1.29, 1.82) is 0 Å². The molecule has 2 rings (SSSR count). The Morgan fingerprint density at radius 2 is 1.92 bits per heavy atom. The van der Waals surface area contributed by atoms with Gasteiger partial charge in [0, 0.05) is 6.54 Å². The maximum Gasteiger partial charge on any atom is 0.426 e. The summed E-state index contributed by atoms with van der Waals surface area (Å²) in [6, 6.07) is 9.22. The van der Waals surface area contributed by atoms with E-state index in [2.05, 4.69) is 5.43 Å². The van der Waals surface area contributed by atoms with E-state index in [-0.39, 0.29) is 13.2 Å². The minimum absolute atomic E-state index is 0.114. The fourth-order valence-electron chi connectivity index (χ4n) is 2.25. The number of ether oxygens (including phenoxy) is 2. The Morgan fingerprint density at radius 3 is 2.54 bits per heavy atom. The number of nitrogens with zero attached hydrogens (tertiary/aromatic N) is 1. The highest BCUT2D eigenvalue weighted by Crippen LogP contribution is 2.19. The standard InChI is InChI=1S/C17H22N2O5/c1-17(2,3)24-16(22)18-19-10-9-13(14(19)20)15(21)23-11-12-7-5-4-6-8-12/h4-8,13H,9-11H2,1-3H3,(H,18,22)/t13-/m1/s1. The van der Waals surface area contributed by atoms with Gasteiger partial charge in [-0.2, -0.15) is 0 Å². The summed E-state index contributed by atoms with van der Waals surface area (Å²) in [5, 5.41) is 1.10. The predicted molar refractivity (Wildman–Crippen MR) is 85.4 cm³/mol. The molecule has 130 valence electrons. The summed E-state index contributed by atoms with van der Waals surface area (Å²) in [7, 11) is 0. The van der Waals surface area contributed by atoms with E-state index in [0.717, 1.165) is 10.6 Å². The molecular weight excluding hydrogens is 312 g/mol. The van der Waals surface area contributed by atoms with Gasteiger partial charge in [-0.1, -0.05) is 30.3 Å². The Kier molecular flexibility index (Phi) is 5.43. The summed E-state index contributed by atoms with van der Waals surface area (Å²) in [5.74, 6) is -1.97. The number of hydrogen-bond donors (Lipinski definition) is 1. The molecule has 1 aromatic carbocycles. The van der Waals surface area contributed by atoms with Crippen LogP contribution in [0.4, 0.5) is 4.79 Å². The molecule has 1 heterocycles. The number of benzene rings is 1. The van der Waals surface area contributed by atoms with Crippen LogP contribution in [0.2, 0.25) is 0 Å². The van der Waals surface area contributed by atoms with Crippen LogP contribution in [-0.2, 0) is 25.7 Å². The molecule has 7 heteroatoms. The van der Waals surface area contributed by atoms with Crippen LogP contribution in [0.3, 0.4) is 0 Å². The van der Waals surface area contributed by atoms with Crippen LogP contribution in [0.1, 0.15) is 32.8 Å². The second-order valence-electron chi connectivity index (χ2n) is 6.54. The lowest BCUT2D eigenvalue weighted by atomic mass is 10.1.